The Bertz CT molecular complexity index is 589. The summed E-state index contributed by atoms with van der Waals surface area (Å²) in [5, 5.41) is 9.30. The second kappa shape index (κ2) is 7.40. The van der Waals surface area contributed by atoms with Crippen LogP contribution in [0.3, 0.4) is 0 Å². The van der Waals surface area contributed by atoms with Crippen molar-refractivity contribution in [3.8, 4) is 6.07 Å². The standard InChI is InChI=1S/C14H18ClN5O2/c1-19(9-13(17)21)7-11-8-20(2-3-22-11)14-12(15)4-10(5-16)6-18-14/h4,6,11H,2-3,7-9H2,1H3,(H2,17,21). The van der Waals surface area contributed by atoms with Gasteiger partial charge in [-0.3, -0.25) is 9.69 Å². The number of nitrogens with two attached hydrogens (primary N) is 1. The van der Waals surface area contributed by atoms with Crippen LogP contribution in [-0.2, 0) is 9.53 Å². The van der Waals surface area contributed by atoms with E-state index >= 15 is 0 Å². The van der Waals surface area contributed by atoms with Gasteiger partial charge in [0.15, 0.2) is 0 Å². The molecule has 2 heterocycles. The van der Waals surface area contributed by atoms with Crippen LogP contribution in [0.5, 0.6) is 0 Å². The molecule has 1 amide bonds. The van der Waals surface area contributed by atoms with Gasteiger partial charge in [0.05, 0.1) is 29.8 Å². The fourth-order valence-corrected chi connectivity index (χ4v) is 2.71. The smallest absolute Gasteiger partial charge is 0.231 e. The van der Waals surface area contributed by atoms with E-state index in [9.17, 15) is 4.79 Å². The second-order valence-corrected chi connectivity index (χ2v) is 5.65. The van der Waals surface area contributed by atoms with Crippen molar-refractivity contribution in [2.45, 2.75) is 6.10 Å². The average Bonchev–Trinajstić information content (AvgIpc) is 2.46. The Morgan fingerprint density at radius 2 is 2.50 bits per heavy atom. The molecule has 0 radical (unpaired) electrons. The Morgan fingerprint density at radius 1 is 1.73 bits per heavy atom. The van der Waals surface area contributed by atoms with Crippen LogP contribution < -0.4 is 10.6 Å². The molecule has 0 bridgehead atoms. The van der Waals surface area contributed by atoms with Gasteiger partial charge in [-0.05, 0) is 13.1 Å². The fourth-order valence-electron chi connectivity index (χ4n) is 2.42. The third-order valence-electron chi connectivity index (χ3n) is 3.33. The van der Waals surface area contributed by atoms with E-state index in [1.165, 1.54) is 6.20 Å². The molecule has 0 aliphatic carbocycles. The minimum atomic E-state index is -0.369. The molecule has 1 aliphatic heterocycles. The minimum Gasteiger partial charge on any atom is -0.373 e. The van der Waals surface area contributed by atoms with Crippen LogP contribution in [0.4, 0.5) is 5.82 Å². The molecule has 0 spiro atoms. The largest absolute Gasteiger partial charge is 0.373 e. The Kier molecular flexibility index (Phi) is 5.55. The molecule has 1 aliphatic rings. The molecule has 1 saturated heterocycles. The number of anilines is 1. The first kappa shape index (κ1) is 16.5. The second-order valence-electron chi connectivity index (χ2n) is 5.24. The van der Waals surface area contributed by atoms with Crippen molar-refractivity contribution >= 4 is 23.3 Å². The van der Waals surface area contributed by atoms with Crippen LogP contribution in [0.25, 0.3) is 0 Å². The summed E-state index contributed by atoms with van der Waals surface area (Å²) in [5.41, 5.74) is 5.61. The van der Waals surface area contributed by atoms with E-state index in [2.05, 4.69) is 4.98 Å². The molecule has 1 unspecified atom stereocenters. The Balaban J connectivity index is 2.01. The van der Waals surface area contributed by atoms with Crippen LogP contribution in [-0.4, -0.2) is 61.7 Å². The van der Waals surface area contributed by atoms with Gasteiger partial charge < -0.3 is 15.4 Å². The van der Waals surface area contributed by atoms with Crippen LogP contribution in [0, 0.1) is 11.3 Å². The number of pyridine rings is 1. The van der Waals surface area contributed by atoms with Gasteiger partial charge in [-0.15, -0.1) is 0 Å². The Morgan fingerprint density at radius 3 is 3.14 bits per heavy atom. The number of rotatable bonds is 5. The average molecular weight is 324 g/mol. The zero-order valence-electron chi connectivity index (χ0n) is 12.3. The maximum absolute atomic E-state index is 10.9. The van der Waals surface area contributed by atoms with E-state index in [0.29, 0.717) is 42.6 Å². The van der Waals surface area contributed by atoms with Gasteiger partial charge in [0.25, 0.3) is 0 Å². The van der Waals surface area contributed by atoms with Gasteiger partial charge in [-0.1, -0.05) is 11.6 Å². The van der Waals surface area contributed by atoms with Crippen molar-refractivity contribution in [3.05, 3.63) is 22.8 Å². The summed E-state index contributed by atoms with van der Waals surface area (Å²) in [6, 6.07) is 3.62. The van der Waals surface area contributed by atoms with Crippen molar-refractivity contribution in [3.63, 3.8) is 0 Å². The molecule has 2 rings (SSSR count). The highest BCUT2D eigenvalue weighted by molar-refractivity contribution is 6.33. The number of primary amides is 1. The first-order chi connectivity index (χ1) is 10.5. The molecule has 0 saturated carbocycles. The Hall–Kier alpha value is -1.88. The summed E-state index contributed by atoms with van der Waals surface area (Å²) in [6.45, 7) is 2.62. The van der Waals surface area contributed by atoms with Crippen LogP contribution in [0.1, 0.15) is 5.56 Å². The highest BCUT2D eigenvalue weighted by atomic mass is 35.5. The number of amides is 1. The predicted octanol–water partition coefficient (Wildman–Crippen LogP) is 0.229. The molecule has 22 heavy (non-hydrogen) atoms. The normalized spacial score (nSPS) is 18.3. The van der Waals surface area contributed by atoms with Gasteiger partial charge in [0.1, 0.15) is 11.9 Å². The van der Waals surface area contributed by atoms with Crippen molar-refractivity contribution in [2.75, 3.05) is 44.7 Å². The zero-order valence-corrected chi connectivity index (χ0v) is 13.1. The van der Waals surface area contributed by atoms with E-state index in [1.807, 2.05) is 22.9 Å². The SMILES string of the molecule is CN(CC(N)=O)CC1CN(c2ncc(C#N)cc2Cl)CCO1. The molecule has 118 valence electrons. The molecule has 1 atom stereocenters. The molecule has 0 aromatic carbocycles. The molecule has 8 heteroatoms. The Labute approximate surface area is 134 Å². The summed E-state index contributed by atoms with van der Waals surface area (Å²) in [4.78, 5) is 19.0. The first-order valence-electron chi connectivity index (χ1n) is 6.88. The fraction of sp³-hybridized carbons (Fsp3) is 0.500. The zero-order chi connectivity index (χ0) is 16.1. The van der Waals surface area contributed by atoms with Crippen molar-refractivity contribution in [2.24, 2.45) is 5.73 Å². The van der Waals surface area contributed by atoms with Crippen LogP contribution >= 0.6 is 11.6 Å². The molecule has 1 aromatic rings. The molecule has 1 fully saturated rings. The number of nitriles is 1. The number of morpholine rings is 1. The summed E-state index contributed by atoms with van der Waals surface area (Å²) in [5.74, 6) is 0.276. The van der Waals surface area contributed by atoms with Gasteiger partial charge in [-0.25, -0.2) is 4.98 Å². The molecule has 2 N–H and O–H groups in total. The number of carbonyl (C=O) groups excluding carboxylic acids is 1. The van der Waals surface area contributed by atoms with Gasteiger partial charge in [0.2, 0.25) is 5.91 Å². The topological polar surface area (TPSA) is 95.5 Å². The molecular formula is C14H18ClN5O2. The lowest BCUT2D eigenvalue weighted by atomic mass is 10.2. The van der Waals surface area contributed by atoms with E-state index in [0.717, 1.165) is 0 Å². The lowest BCUT2D eigenvalue weighted by Gasteiger charge is -2.35. The number of nitrogens with zero attached hydrogens (tertiary/aromatic N) is 4. The number of likely N-dealkylation sites (N-methyl/N-ethyl adjacent to an activating group) is 1. The van der Waals surface area contributed by atoms with Gasteiger partial charge >= 0.3 is 0 Å². The number of halogens is 1. The summed E-state index contributed by atoms with van der Waals surface area (Å²) < 4.78 is 5.71. The minimum absolute atomic E-state index is 0.0633. The van der Waals surface area contributed by atoms with Gasteiger partial charge in [-0.2, -0.15) is 5.26 Å². The highest BCUT2D eigenvalue weighted by Crippen LogP contribution is 2.25. The lowest BCUT2D eigenvalue weighted by Crippen LogP contribution is -2.48. The molecule has 7 nitrogen and oxygen atoms in total. The summed E-state index contributed by atoms with van der Waals surface area (Å²) in [6.07, 6.45) is 1.44. The van der Waals surface area contributed by atoms with E-state index in [1.54, 1.807) is 6.07 Å². The number of carbonyl (C=O) groups is 1. The first-order valence-corrected chi connectivity index (χ1v) is 7.26. The summed E-state index contributed by atoms with van der Waals surface area (Å²) >= 11 is 6.20. The number of aromatic nitrogens is 1. The highest BCUT2D eigenvalue weighted by Gasteiger charge is 2.24. The van der Waals surface area contributed by atoms with E-state index in [-0.39, 0.29) is 18.6 Å². The number of hydrogen-bond acceptors (Lipinski definition) is 6. The van der Waals surface area contributed by atoms with Crippen molar-refractivity contribution < 1.29 is 9.53 Å². The van der Waals surface area contributed by atoms with Crippen LogP contribution in [0.15, 0.2) is 12.3 Å². The number of hydrogen-bond donors (Lipinski definition) is 1. The van der Waals surface area contributed by atoms with Crippen LogP contribution in [0.2, 0.25) is 5.02 Å². The predicted molar refractivity (Wildman–Crippen MR) is 82.6 cm³/mol. The molecular weight excluding hydrogens is 306 g/mol. The molecule has 1 aromatic heterocycles. The van der Waals surface area contributed by atoms with E-state index < -0.39 is 0 Å². The maximum atomic E-state index is 10.9. The monoisotopic (exact) mass is 323 g/mol. The maximum Gasteiger partial charge on any atom is 0.231 e. The quantitative estimate of drug-likeness (QED) is 0.833. The van der Waals surface area contributed by atoms with Crippen molar-refractivity contribution in [1.82, 2.24) is 9.88 Å². The lowest BCUT2D eigenvalue weighted by molar-refractivity contribution is -0.119. The third kappa shape index (κ3) is 4.31. The van der Waals surface area contributed by atoms with Crippen molar-refractivity contribution in [1.29, 1.82) is 5.26 Å². The third-order valence-corrected chi connectivity index (χ3v) is 3.61. The number of ether oxygens (including phenoxy) is 1. The summed E-state index contributed by atoms with van der Waals surface area (Å²) in [7, 11) is 1.82. The van der Waals surface area contributed by atoms with Gasteiger partial charge in [0, 0.05) is 25.8 Å². The van der Waals surface area contributed by atoms with E-state index in [4.69, 9.17) is 27.3 Å².